The Morgan fingerprint density at radius 3 is 2.75 bits per heavy atom. The molecule has 108 valence electrons. The fraction of sp³-hybridized carbons (Fsp3) is 0.556. The van der Waals surface area contributed by atoms with Crippen molar-refractivity contribution in [1.29, 1.82) is 0 Å². The molecule has 0 spiro atoms. The van der Waals surface area contributed by atoms with E-state index in [0.29, 0.717) is 12.5 Å². The summed E-state index contributed by atoms with van der Waals surface area (Å²) >= 11 is 0. The average Bonchev–Trinajstić information content (AvgIpc) is 2.49. The molecule has 0 bridgehead atoms. The largest absolute Gasteiger partial charge is 0.490 e. The smallest absolute Gasteiger partial charge is 0.119 e. The van der Waals surface area contributed by atoms with Crippen molar-refractivity contribution in [2.45, 2.75) is 51.6 Å². The molecule has 1 aliphatic carbocycles. The summed E-state index contributed by atoms with van der Waals surface area (Å²) in [6.45, 7) is 2.39. The van der Waals surface area contributed by atoms with Crippen molar-refractivity contribution in [3.63, 3.8) is 0 Å². The Bertz CT molecular complexity index is 453. The summed E-state index contributed by atoms with van der Waals surface area (Å²) in [7, 11) is 0. The predicted molar refractivity (Wildman–Crippen MR) is 81.7 cm³/mol. The van der Waals surface area contributed by atoms with Gasteiger partial charge in [-0.1, -0.05) is 31.6 Å². The second-order valence-electron chi connectivity index (χ2n) is 5.48. The highest BCUT2D eigenvalue weighted by molar-refractivity contribution is 5.38. The summed E-state index contributed by atoms with van der Waals surface area (Å²) in [4.78, 5) is 0. The standard InChI is InChI=1S/C18H24O2/c1-2-15-7-5-8-18(14-15)20-17-11-9-16(10-12-17)6-3-4-13-19/h9-12,15,18-19H,2,4-5,7-8,13-14H2,1H3. The van der Waals surface area contributed by atoms with Crippen molar-refractivity contribution in [3.05, 3.63) is 29.8 Å². The monoisotopic (exact) mass is 272 g/mol. The van der Waals surface area contributed by atoms with Crippen molar-refractivity contribution in [3.8, 4) is 17.6 Å². The van der Waals surface area contributed by atoms with E-state index in [-0.39, 0.29) is 6.61 Å². The summed E-state index contributed by atoms with van der Waals surface area (Å²) in [5.41, 5.74) is 0.973. The van der Waals surface area contributed by atoms with Crippen LogP contribution < -0.4 is 4.74 Å². The molecule has 1 aliphatic rings. The number of aliphatic hydroxyl groups excluding tert-OH is 1. The number of aliphatic hydroxyl groups is 1. The lowest BCUT2D eigenvalue weighted by atomic mass is 9.85. The zero-order chi connectivity index (χ0) is 14.2. The van der Waals surface area contributed by atoms with Crippen molar-refractivity contribution >= 4 is 0 Å². The first-order valence-corrected chi connectivity index (χ1v) is 7.68. The highest BCUT2D eigenvalue weighted by Gasteiger charge is 2.21. The first-order chi connectivity index (χ1) is 9.81. The summed E-state index contributed by atoms with van der Waals surface area (Å²) in [6, 6.07) is 7.97. The molecule has 2 unspecified atom stereocenters. The zero-order valence-electron chi connectivity index (χ0n) is 12.3. The normalized spacial score (nSPS) is 21.9. The summed E-state index contributed by atoms with van der Waals surface area (Å²) in [6.07, 6.45) is 7.17. The Labute approximate surface area is 122 Å². The Kier molecular flexibility index (Phi) is 5.95. The van der Waals surface area contributed by atoms with Crippen LogP contribution in [0.3, 0.4) is 0 Å². The molecule has 1 aromatic carbocycles. The molecule has 0 aromatic heterocycles. The van der Waals surface area contributed by atoms with Crippen LogP contribution in [0.2, 0.25) is 0 Å². The van der Waals surface area contributed by atoms with Gasteiger partial charge in [-0.3, -0.25) is 0 Å². The lowest BCUT2D eigenvalue weighted by molar-refractivity contribution is 0.122. The maximum Gasteiger partial charge on any atom is 0.119 e. The van der Waals surface area contributed by atoms with E-state index in [2.05, 4.69) is 18.8 Å². The summed E-state index contributed by atoms with van der Waals surface area (Å²) < 4.78 is 6.08. The van der Waals surface area contributed by atoms with E-state index in [9.17, 15) is 0 Å². The molecule has 0 saturated heterocycles. The van der Waals surface area contributed by atoms with E-state index in [0.717, 1.165) is 17.2 Å². The van der Waals surface area contributed by atoms with Crippen LogP contribution in [0.5, 0.6) is 5.75 Å². The number of ether oxygens (including phenoxy) is 1. The molecule has 2 nitrogen and oxygen atoms in total. The molecule has 2 heteroatoms. The molecule has 20 heavy (non-hydrogen) atoms. The molecule has 2 rings (SSSR count). The van der Waals surface area contributed by atoms with Gasteiger partial charge in [-0.15, -0.1) is 0 Å². The van der Waals surface area contributed by atoms with E-state index in [1.807, 2.05) is 24.3 Å². The van der Waals surface area contributed by atoms with Gasteiger partial charge in [0.05, 0.1) is 12.7 Å². The van der Waals surface area contributed by atoms with Crippen LogP contribution in [0, 0.1) is 17.8 Å². The van der Waals surface area contributed by atoms with Gasteiger partial charge in [0.2, 0.25) is 0 Å². The molecule has 2 atom stereocenters. The van der Waals surface area contributed by atoms with Crippen LogP contribution in [-0.4, -0.2) is 17.8 Å². The maximum atomic E-state index is 8.69. The SMILES string of the molecule is CCC1CCCC(Oc2ccc(C#CCCO)cc2)C1. The lowest BCUT2D eigenvalue weighted by Gasteiger charge is -2.28. The first kappa shape index (κ1) is 14.9. The third kappa shape index (κ3) is 4.58. The van der Waals surface area contributed by atoms with E-state index < -0.39 is 0 Å². The van der Waals surface area contributed by atoms with Gasteiger partial charge in [0.25, 0.3) is 0 Å². The molecule has 1 fully saturated rings. The Morgan fingerprint density at radius 2 is 2.05 bits per heavy atom. The molecule has 0 radical (unpaired) electrons. The number of hydrogen-bond donors (Lipinski definition) is 1. The van der Waals surface area contributed by atoms with Crippen molar-refractivity contribution in [2.75, 3.05) is 6.61 Å². The van der Waals surface area contributed by atoms with Crippen LogP contribution in [0.25, 0.3) is 0 Å². The number of hydrogen-bond acceptors (Lipinski definition) is 2. The van der Waals surface area contributed by atoms with Crippen LogP contribution in [0.1, 0.15) is 51.0 Å². The first-order valence-electron chi connectivity index (χ1n) is 7.68. The van der Waals surface area contributed by atoms with Gasteiger partial charge in [-0.2, -0.15) is 0 Å². The van der Waals surface area contributed by atoms with Crippen molar-refractivity contribution in [2.24, 2.45) is 5.92 Å². The predicted octanol–water partition coefficient (Wildman–Crippen LogP) is 3.77. The van der Waals surface area contributed by atoms with Gasteiger partial charge in [-0.05, 0) is 49.4 Å². The lowest BCUT2D eigenvalue weighted by Crippen LogP contribution is -2.25. The van der Waals surface area contributed by atoms with Gasteiger partial charge >= 0.3 is 0 Å². The topological polar surface area (TPSA) is 29.5 Å². The van der Waals surface area contributed by atoms with Gasteiger partial charge in [-0.25, -0.2) is 0 Å². The Morgan fingerprint density at radius 1 is 1.25 bits per heavy atom. The Balaban J connectivity index is 1.89. The van der Waals surface area contributed by atoms with Crippen molar-refractivity contribution < 1.29 is 9.84 Å². The van der Waals surface area contributed by atoms with E-state index >= 15 is 0 Å². The second kappa shape index (κ2) is 7.97. The fourth-order valence-electron chi connectivity index (χ4n) is 2.75. The highest BCUT2D eigenvalue weighted by atomic mass is 16.5. The van der Waals surface area contributed by atoms with Gasteiger partial charge in [0.1, 0.15) is 5.75 Å². The van der Waals surface area contributed by atoms with Crippen LogP contribution in [0.4, 0.5) is 0 Å². The zero-order valence-corrected chi connectivity index (χ0v) is 12.3. The van der Waals surface area contributed by atoms with E-state index in [1.54, 1.807) is 0 Å². The minimum atomic E-state index is 0.120. The minimum absolute atomic E-state index is 0.120. The molecular formula is C18H24O2. The third-order valence-electron chi connectivity index (χ3n) is 3.94. The second-order valence-corrected chi connectivity index (χ2v) is 5.48. The highest BCUT2D eigenvalue weighted by Crippen LogP contribution is 2.29. The minimum Gasteiger partial charge on any atom is -0.490 e. The van der Waals surface area contributed by atoms with Gasteiger partial charge in [0.15, 0.2) is 0 Å². The van der Waals surface area contributed by atoms with E-state index in [4.69, 9.17) is 9.84 Å². The van der Waals surface area contributed by atoms with E-state index in [1.165, 1.54) is 32.1 Å². The number of rotatable bonds is 4. The number of benzene rings is 1. The quantitative estimate of drug-likeness (QED) is 0.845. The van der Waals surface area contributed by atoms with Crippen molar-refractivity contribution in [1.82, 2.24) is 0 Å². The van der Waals surface area contributed by atoms with Crippen LogP contribution in [0.15, 0.2) is 24.3 Å². The molecule has 0 aliphatic heterocycles. The van der Waals surface area contributed by atoms with Gasteiger partial charge in [0, 0.05) is 12.0 Å². The third-order valence-corrected chi connectivity index (χ3v) is 3.94. The molecular weight excluding hydrogens is 248 g/mol. The maximum absolute atomic E-state index is 8.69. The van der Waals surface area contributed by atoms with Crippen LogP contribution >= 0.6 is 0 Å². The average molecular weight is 272 g/mol. The molecule has 0 amide bonds. The molecule has 0 heterocycles. The Hall–Kier alpha value is -1.46. The fourth-order valence-corrected chi connectivity index (χ4v) is 2.75. The molecule has 1 N–H and O–H groups in total. The molecule has 1 saturated carbocycles. The van der Waals surface area contributed by atoms with Gasteiger partial charge < -0.3 is 9.84 Å². The summed E-state index contributed by atoms with van der Waals surface area (Å²) in [5.74, 6) is 7.73. The van der Waals surface area contributed by atoms with Crippen LogP contribution in [-0.2, 0) is 0 Å². The molecule has 1 aromatic rings. The summed E-state index contributed by atoms with van der Waals surface area (Å²) in [5, 5.41) is 8.69.